The van der Waals surface area contributed by atoms with Gasteiger partial charge in [-0.2, -0.15) is 0 Å². The van der Waals surface area contributed by atoms with E-state index in [2.05, 4.69) is 10.3 Å². The summed E-state index contributed by atoms with van der Waals surface area (Å²) in [5.41, 5.74) is 0.984. The molecule has 0 fully saturated rings. The van der Waals surface area contributed by atoms with Gasteiger partial charge in [0.25, 0.3) is 5.91 Å². The third-order valence-electron chi connectivity index (χ3n) is 3.12. The number of nitrogens with one attached hydrogen (secondary N) is 1. The van der Waals surface area contributed by atoms with Gasteiger partial charge in [0.15, 0.2) is 0 Å². The van der Waals surface area contributed by atoms with Crippen molar-refractivity contribution in [2.24, 2.45) is 0 Å². The highest BCUT2D eigenvalue weighted by atomic mass is 16.5. The van der Waals surface area contributed by atoms with Crippen LogP contribution in [-0.2, 0) is 4.79 Å². The van der Waals surface area contributed by atoms with E-state index in [9.17, 15) is 9.59 Å². The molecule has 0 spiro atoms. The molecule has 2 aromatic rings. The molecule has 2 N–H and O–H groups in total. The van der Waals surface area contributed by atoms with E-state index in [1.807, 2.05) is 0 Å². The standard InChI is InChI=1S/C16H16N2O4/c1-22-14-7-3-2-6-12(14)13(9-15(19)20)18-16(21)11-5-4-8-17-10-11/h2-8,10,13H,9H2,1H3,(H,18,21)(H,19,20). The second-order valence-electron chi connectivity index (χ2n) is 4.61. The Balaban J connectivity index is 2.27. The summed E-state index contributed by atoms with van der Waals surface area (Å²) in [7, 11) is 1.50. The molecule has 22 heavy (non-hydrogen) atoms. The number of hydrogen-bond donors (Lipinski definition) is 2. The average Bonchev–Trinajstić information content (AvgIpc) is 2.54. The first-order valence-corrected chi connectivity index (χ1v) is 6.67. The second-order valence-corrected chi connectivity index (χ2v) is 4.61. The highest BCUT2D eigenvalue weighted by molar-refractivity contribution is 5.94. The van der Waals surface area contributed by atoms with Gasteiger partial charge in [0.1, 0.15) is 5.75 Å². The van der Waals surface area contributed by atoms with E-state index in [1.54, 1.807) is 42.6 Å². The molecule has 0 saturated heterocycles. The van der Waals surface area contributed by atoms with Gasteiger partial charge < -0.3 is 15.2 Å². The van der Waals surface area contributed by atoms with Crippen LogP contribution in [-0.4, -0.2) is 29.1 Å². The molecule has 1 amide bonds. The molecule has 1 aromatic heterocycles. The number of pyridine rings is 1. The fraction of sp³-hybridized carbons (Fsp3) is 0.188. The molecule has 0 saturated carbocycles. The third kappa shape index (κ3) is 3.82. The number of carboxylic acids is 1. The zero-order chi connectivity index (χ0) is 15.9. The van der Waals surface area contributed by atoms with Crippen LogP contribution in [0.25, 0.3) is 0 Å². The monoisotopic (exact) mass is 300 g/mol. The van der Waals surface area contributed by atoms with Gasteiger partial charge in [-0.3, -0.25) is 14.6 Å². The van der Waals surface area contributed by atoms with Crippen molar-refractivity contribution in [2.45, 2.75) is 12.5 Å². The van der Waals surface area contributed by atoms with Gasteiger partial charge in [-0.25, -0.2) is 0 Å². The Kier molecular flexibility index (Phi) is 5.08. The predicted octanol–water partition coefficient (Wildman–Crippen LogP) is 2.04. The number of aromatic nitrogens is 1. The average molecular weight is 300 g/mol. The van der Waals surface area contributed by atoms with E-state index in [0.29, 0.717) is 16.9 Å². The van der Waals surface area contributed by atoms with Gasteiger partial charge in [0.2, 0.25) is 0 Å². The molecule has 6 nitrogen and oxygen atoms in total. The van der Waals surface area contributed by atoms with Crippen molar-refractivity contribution in [3.63, 3.8) is 0 Å². The van der Waals surface area contributed by atoms with Crippen LogP contribution >= 0.6 is 0 Å². The molecule has 2 rings (SSSR count). The van der Waals surface area contributed by atoms with Gasteiger partial charge >= 0.3 is 5.97 Å². The normalized spacial score (nSPS) is 11.5. The van der Waals surface area contributed by atoms with Crippen LogP contribution in [0.5, 0.6) is 5.75 Å². The summed E-state index contributed by atoms with van der Waals surface area (Å²) in [6.07, 6.45) is 2.74. The maximum absolute atomic E-state index is 12.2. The smallest absolute Gasteiger partial charge is 0.305 e. The summed E-state index contributed by atoms with van der Waals surface area (Å²) < 4.78 is 5.24. The minimum Gasteiger partial charge on any atom is -0.496 e. The number of para-hydroxylation sites is 1. The van der Waals surface area contributed by atoms with Gasteiger partial charge in [0.05, 0.1) is 25.1 Å². The molecule has 0 bridgehead atoms. The number of rotatable bonds is 6. The largest absolute Gasteiger partial charge is 0.496 e. The van der Waals surface area contributed by atoms with Gasteiger partial charge in [-0.05, 0) is 18.2 Å². The summed E-state index contributed by atoms with van der Waals surface area (Å²) in [6, 6.07) is 9.57. The van der Waals surface area contributed by atoms with E-state index < -0.39 is 12.0 Å². The fourth-order valence-corrected chi connectivity index (χ4v) is 2.11. The first kappa shape index (κ1) is 15.5. The Hall–Kier alpha value is -2.89. The van der Waals surface area contributed by atoms with E-state index in [1.165, 1.54) is 13.3 Å². The zero-order valence-electron chi connectivity index (χ0n) is 12.0. The molecule has 0 aliphatic carbocycles. The summed E-state index contributed by atoms with van der Waals surface area (Å²) in [6.45, 7) is 0. The predicted molar refractivity (Wildman–Crippen MR) is 79.7 cm³/mol. The quantitative estimate of drug-likeness (QED) is 0.852. The van der Waals surface area contributed by atoms with Crippen LogP contribution in [0.1, 0.15) is 28.4 Å². The van der Waals surface area contributed by atoms with E-state index in [0.717, 1.165) is 0 Å². The lowest BCUT2D eigenvalue weighted by atomic mass is 10.0. The van der Waals surface area contributed by atoms with Crippen molar-refractivity contribution in [2.75, 3.05) is 7.11 Å². The Morgan fingerprint density at radius 3 is 2.68 bits per heavy atom. The van der Waals surface area contributed by atoms with Crippen LogP contribution < -0.4 is 10.1 Å². The Morgan fingerprint density at radius 1 is 1.27 bits per heavy atom. The molecule has 6 heteroatoms. The topological polar surface area (TPSA) is 88.5 Å². The van der Waals surface area contributed by atoms with Crippen LogP contribution in [0.2, 0.25) is 0 Å². The van der Waals surface area contributed by atoms with Crippen LogP contribution in [0, 0.1) is 0 Å². The van der Waals surface area contributed by atoms with Gasteiger partial charge in [-0.15, -0.1) is 0 Å². The molecule has 0 radical (unpaired) electrons. The fourth-order valence-electron chi connectivity index (χ4n) is 2.11. The Labute approximate surface area is 127 Å². The number of carbonyl (C=O) groups excluding carboxylic acids is 1. The number of nitrogens with zero attached hydrogens (tertiary/aromatic N) is 1. The number of amides is 1. The van der Waals surface area contributed by atoms with Crippen molar-refractivity contribution in [1.82, 2.24) is 10.3 Å². The maximum Gasteiger partial charge on any atom is 0.305 e. The molecule has 0 aliphatic heterocycles. The van der Waals surface area contributed by atoms with E-state index in [-0.39, 0.29) is 12.3 Å². The Bertz CT molecular complexity index is 658. The van der Waals surface area contributed by atoms with E-state index in [4.69, 9.17) is 9.84 Å². The second kappa shape index (κ2) is 7.21. The number of aliphatic carboxylic acids is 1. The molecule has 1 atom stereocenters. The van der Waals surface area contributed by atoms with Crippen LogP contribution in [0.4, 0.5) is 0 Å². The first-order valence-electron chi connectivity index (χ1n) is 6.67. The van der Waals surface area contributed by atoms with Crippen molar-refractivity contribution in [3.05, 3.63) is 59.9 Å². The number of carboxylic acid groups (broad SMARTS) is 1. The SMILES string of the molecule is COc1ccccc1C(CC(=O)O)NC(=O)c1cccnc1. The molecule has 1 unspecified atom stereocenters. The lowest BCUT2D eigenvalue weighted by molar-refractivity contribution is -0.137. The highest BCUT2D eigenvalue weighted by Crippen LogP contribution is 2.27. The lowest BCUT2D eigenvalue weighted by Gasteiger charge is -2.19. The third-order valence-corrected chi connectivity index (χ3v) is 3.12. The summed E-state index contributed by atoms with van der Waals surface area (Å²) in [5, 5.41) is 11.8. The zero-order valence-corrected chi connectivity index (χ0v) is 12.0. The van der Waals surface area contributed by atoms with Crippen molar-refractivity contribution < 1.29 is 19.4 Å². The van der Waals surface area contributed by atoms with E-state index >= 15 is 0 Å². The van der Waals surface area contributed by atoms with Crippen LogP contribution in [0.3, 0.4) is 0 Å². The van der Waals surface area contributed by atoms with Crippen LogP contribution in [0.15, 0.2) is 48.8 Å². The molecule has 1 heterocycles. The molecule has 1 aromatic carbocycles. The Morgan fingerprint density at radius 2 is 2.05 bits per heavy atom. The van der Waals surface area contributed by atoms with Crippen molar-refractivity contribution in [1.29, 1.82) is 0 Å². The number of carbonyl (C=O) groups is 2. The minimum absolute atomic E-state index is 0.244. The molecule has 114 valence electrons. The summed E-state index contributed by atoms with van der Waals surface area (Å²) >= 11 is 0. The molecular formula is C16H16N2O4. The number of ether oxygens (including phenoxy) is 1. The maximum atomic E-state index is 12.2. The first-order chi connectivity index (χ1) is 10.6. The number of methoxy groups -OCH3 is 1. The summed E-state index contributed by atoms with van der Waals surface area (Å²) in [5.74, 6) is -0.868. The van der Waals surface area contributed by atoms with Gasteiger partial charge in [0, 0.05) is 18.0 Å². The molecular weight excluding hydrogens is 284 g/mol. The highest BCUT2D eigenvalue weighted by Gasteiger charge is 2.21. The van der Waals surface area contributed by atoms with Crippen molar-refractivity contribution >= 4 is 11.9 Å². The minimum atomic E-state index is -1.01. The van der Waals surface area contributed by atoms with Crippen molar-refractivity contribution in [3.8, 4) is 5.75 Å². The number of benzene rings is 1. The summed E-state index contributed by atoms with van der Waals surface area (Å²) in [4.78, 5) is 27.2. The van der Waals surface area contributed by atoms with Gasteiger partial charge in [-0.1, -0.05) is 18.2 Å². The lowest BCUT2D eigenvalue weighted by Crippen LogP contribution is -2.30. The number of hydrogen-bond acceptors (Lipinski definition) is 4. The molecule has 0 aliphatic rings.